The van der Waals surface area contributed by atoms with Gasteiger partial charge in [-0.05, 0) is 37.0 Å². The molecule has 1 amide bonds. The molecule has 112 valence electrons. The van der Waals surface area contributed by atoms with Gasteiger partial charge in [0.05, 0.1) is 5.56 Å². The molecular formula is C17H21NO3. The molecule has 0 radical (unpaired) electrons. The Hall–Kier alpha value is -2.36. The van der Waals surface area contributed by atoms with E-state index in [2.05, 4.69) is 18.5 Å². The fourth-order valence-corrected chi connectivity index (χ4v) is 2.00. The van der Waals surface area contributed by atoms with Crippen molar-refractivity contribution in [3.63, 3.8) is 0 Å². The average molecular weight is 287 g/mol. The summed E-state index contributed by atoms with van der Waals surface area (Å²) < 4.78 is 0. The number of carbonyl (C=O) groups excluding carboxylic acids is 1. The summed E-state index contributed by atoms with van der Waals surface area (Å²) in [7, 11) is 0. The first kappa shape index (κ1) is 16.7. The Morgan fingerprint density at radius 1 is 1.14 bits per heavy atom. The third-order valence-electron chi connectivity index (χ3n) is 3.19. The molecule has 21 heavy (non-hydrogen) atoms. The second-order valence-electron chi connectivity index (χ2n) is 4.79. The molecule has 1 aromatic carbocycles. The van der Waals surface area contributed by atoms with Crippen LogP contribution in [0.15, 0.2) is 49.6 Å². The van der Waals surface area contributed by atoms with Crippen molar-refractivity contribution in [2.24, 2.45) is 5.92 Å². The van der Waals surface area contributed by atoms with Crippen molar-refractivity contribution in [2.75, 3.05) is 6.54 Å². The zero-order valence-corrected chi connectivity index (χ0v) is 12.0. The third-order valence-corrected chi connectivity index (χ3v) is 3.19. The van der Waals surface area contributed by atoms with E-state index < -0.39 is 5.97 Å². The average Bonchev–Trinajstić information content (AvgIpc) is 2.47. The Labute approximate surface area is 125 Å². The molecule has 0 atom stereocenters. The maximum absolute atomic E-state index is 12.0. The Balaban J connectivity index is 2.44. The lowest BCUT2D eigenvalue weighted by atomic mass is 10.0. The van der Waals surface area contributed by atoms with E-state index >= 15 is 0 Å². The fourth-order valence-electron chi connectivity index (χ4n) is 2.00. The molecule has 1 rings (SSSR count). The molecule has 0 aliphatic heterocycles. The maximum Gasteiger partial charge on any atom is 0.335 e. The lowest BCUT2D eigenvalue weighted by molar-refractivity contribution is -0.124. The van der Waals surface area contributed by atoms with Gasteiger partial charge in [0.25, 0.3) is 0 Å². The summed E-state index contributed by atoms with van der Waals surface area (Å²) in [4.78, 5) is 22.7. The molecule has 0 aromatic heterocycles. The minimum Gasteiger partial charge on any atom is -0.478 e. The van der Waals surface area contributed by atoms with E-state index in [1.54, 1.807) is 36.4 Å². The van der Waals surface area contributed by atoms with Crippen LogP contribution in [0, 0.1) is 5.92 Å². The summed E-state index contributed by atoms with van der Waals surface area (Å²) in [5.41, 5.74) is 1.25. The topological polar surface area (TPSA) is 66.4 Å². The van der Waals surface area contributed by atoms with Gasteiger partial charge in [0.15, 0.2) is 0 Å². The van der Waals surface area contributed by atoms with Gasteiger partial charge in [0.2, 0.25) is 5.91 Å². The van der Waals surface area contributed by atoms with Crippen molar-refractivity contribution in [3.05, 3.63) is 60.7 Å². The largest absolute Gasteiger partial charge is 0.478 e. The van der Waals surface area contributed by atoms with E-state index in [1.165, 1.54) is 0 Å². The second-order valence-corrected chi connectivity index (χ2v) is 4.79. The number of carboxylic acid groups (broad SMARTS) is 1. The van der Waals surface area contributed by atoms with Crippen LogP contribution in [-0.2, 0) is 11.2 Å². The van der Waals surface area contributed by atoms with E-state index in [9.17, 15) is 9.59 Å². The number of allylic oxidation sites excluding steroid dienone is 2. The highest BCUT2D eigenvalue weighted by atomic mass is 16.4. The number of hydrogen-bond acceptors (Lipinski definition) is 2. The highest BCUT2D eigenvalue weighted by Gasteiger charge is 2.14. The minimum absolute atomic E-state index is 0.00282. The molecule has 4 nitrogen and oxygen atoms in total. The first-order valence-corrected chi connectivity index (χ1v) is 6.90. The molecule has 0 saturated carbocycles. The van der Waals surface area contributed by atoms with Gasteiger partial charge in [-0.1, -0.05) is 24.3 Å². The minimum atomic E-state index is -0.938. The molecule has 0 unspecified atom stereocenters. The summed E-state index contributed by atoms with van der Waals surface area (Å²) in [6.07, 6.45) is 5.40. The van der Waals surface area contributed by atoms with Gasteiger partial charge in [-0.15, -0.1) is 13.2 Å². The molecule has 0 heterocycles. The van der Waals surface area contributed by atoms with Crippen molar-refractivity contribution >= 4 is 11.9 Å². The lowest BCUT2D eigenvalue weighted by Gasteiger charge is -2.13. The number of benzene rings is 1. The van der Waals surface area contributed by atoms with Gasteiger partial charge in [-0.25, -0.2) is 4.79 Å². The number of amides is 1. The van der Waals surface area contributed by atoms with Gasteiger partial charge in [0, 0.05) is 12.5 Å². The molecular weight excluding hydrogens is 266 g/mol. The second kappa shape index (κ2) is 8.74. The number of nitrogens with one attached hydrogen (secondary N) is 1. The Morgan fingerprint density at radius 2 is 1.71 bits per heavy atom. The molecule has 0 saturated heterocycles. The van der Waals surface area contributed by atoms with E-state index in [0.717, 1.165) is 5.56 Å². The summed E-state index contributed by atoms with van der Waals surface area (Å²) in [5, 5.41) is 11.7. The normalized spacial score (nSPS) is 10.1. The van der Waals surface area contributed by atoms with Crippen LogP contribution in [0.5, 0.6) is 0 Å². The monoisotopic (exact) mass is 287 g/mol. The smallest absolute Gasteiger partial charge is 0.335 e. The van der Waals surface area contributed by atoms with Gasteiger partial charge >= 0.3 is 5.97 Å². The highest BCUT2D eigenvalue weighted by molar-refractivity contribution is 5.87. The van der Waals surface area contributed by atoms with Crippen LogP contribution in [0.4, 0.5) is 0 Å². The number of hydrogen-bond donors (Lipinski definition) is 2. The first-order valence-electron chi connectivity index (χ1n) is 6.90. The number of carboxylic acids is 1. The van der Waals surface area contributed by atoms with Crippen molar-refractivity contribution < 1.29 is 14.7 Å². The molecule has 0 spiro atoms. The van der Waals surface area contributed by atoms with E-state index in [4.69, 9.17) is 5.11 Å². The Bertz CT molecular complexity index is 495. The SMILES string of the molecule is C=CCC(CC=C)C(=O)NCCc1ccc(C(=O)O)cc1. The standard InChI is InChI=1S/C17H21NO3/c1-3-5-14(6-4-2)16(19)18-12-11-13-7-9-15(10-8-13)17(20)21/h3-4,7-10,14H,1-2,5-6,11-12H2,(H,18,19)(H,20,21). The predicted octanol–water partition coefficient (Wildman–Crippen LogP) is 2.81. The van der Waals surface area contributed by atoms with Crippen molar-refractivity contribution in [2.45, 2.75) is 19.3 Å². The molecule has 0 aliphatic rings. The van der Waals surface area contributed by atoms with Crippen molar-refractivity contribution in [1.29, 1.82) is 0 Å². The van der Waals surface area contributed by atoms with Gasteiger partial charge < -0.3 is 10.4 Å². The summed E-state index contributed by atoms with van der Waals surface area (Å²) in [5.74, 6) is -1.06. The molecule has 0 bridgehead atoms. The molecule has 0 aliphatic carbocycles. The van der Waals surface area contributed by atoms with Crippen LogP contribution in [0.2, 0.25) is 0 Å². The van der Waals surface area contributed by atoms with Crippen LogP contribution >= 0.6 is 0 Å². The quantitative estimate of drug-likeness (QED) is 0.686. The summed E-state index contributed by atoms with van der Waals surface area (Å²) >= 11 is 0. The molecule has 2 N–H and O–H groups in total. The molecule has 0 fully saturated rings. The number of aromatic carboxylic acids is 1. The van der Waals surface area contributed by atoms with E-state index in [-0.39, 0.29) is 17.4 Å². The zero-order valence-electron chi connectivity index (χ0n) is 12.0. The molecule has 4 heteroatoms. The highest BCUT2D eigenvalue weighted by Crippen LogP contribution is 2.10. The van der Waals surface area contributed by atoms with Crippen LogP contribution in [0.3, 0.4) is 0 Å². The third kappa shape index (κ3) is 5.65. The number of carbonyl (C=O) groups is 2. The van der Waals surface area contributed by atoms with Crippen LogP contribution < -0.4 is 5.32 Å². The number of rotatable bonds is 9. The van der Waals surface area contributed by atoms with Crippen LogP contribution in [0.1, 0.15) is 28.8 Å². The van der Waals surface area contributed by atoms with E-state index in [0.29, 0.717) is 25.8 Å². The van der Waals surface area contributed by atoms with Crippen LogP contribution in [0.25, 0.3) is 0 Å². The maximum atomic E-state index is 12.0. The molecule has 1 aromatic rings. The van der Waals surface area contributed by atoms with Gasteiger partial charge in [0.1, 0.15) is 0 Å². The lowest BCUT2D eigenvalue weighted by Crippen LogP contribution is -2.31. The Kier molecular flexibility index (Phi) is 6.95. The predicted molar refractivity (Wildman–Crippen MR) is 83.2 cm³/mol. The fraction of sp³-hybridized carbons (Fsp3) is 0.294. The van der Waals surface area contributed by atoms with Gasteiger partial charge in [-0.3, -0.25) is 4.79 Å². The van der Waals surface area contributed by atoms with Crippen LogP contribution in [-0.4, -0.2) is 23.5 Å². The van der Waals surface area contributed by atoms with E-state index in [1.807, 2.05) is 0 Å². The summed E-state index contributed by atoms with van der Waals surface area (Å²) in [6, 6.07) is 6.66. The Morgan fingerprint density at radius 3 is 2.19 bits per heavy atom. The summed E-state index contributed by atoms with van der Waals surface area (Å²) in [6.45, 7) is 7.83. The zero-order chi connectivity index (χ0) is 15.7. The first-order chi connectivity index (χ1) is 10.1. The van der Waals surface area contributed by atoms with Crippen molar-refractivity contribution in [1.82, 2.24) is 5.32 Å². The van der Waals surface area contributed by atoms with Crippen molar-refractivity contribution in [3.8, 4) is 0 Å². The van der Waals surface area contributed by atoms with Gasteiger partial charge in [-0.2, -0.15) is 0 Å².